The first-order valence-electron chi connectivity index (χ1n) is 8.60. The Balaban J connectivity index is 2.03. The highest BCUT2D eigenvalue weighted by Gasteiger charge is 2.28. The lowest BCUT2D eigenvalue weighted by Crippen LogP contribution is -2.42. The van der Waals surface area contributed by atoms with E-state index in [1.165, 1.54) is 12.0 Å². The number of likely N-dealkylation sites (tertiary alicyclic amines) is 1. The molecule has 1 heterocycles. The average molecular weight is 407 g/mol. The second kappa shape index (κ2) is 8.19. The Hall–Kier alpha value is -2.24. The summed E-state index contributed by atoms with van der Waals surface area (Å²) in [6, 6.07) is 10.3. The van der Waals surface area contributed by atoms with E-state index in [0.717, 1.165) is 12.0 Å². The number of benzene rings is 2. The molecule has 0 unspecified atom stereocenters. The van der Waals surface area contributed by atoms with Gasteiger partial charge in [0.05, 0.1) is 12.7 Å². The quantitative estimate of drug-likeness (QED) is 0.732. The van der Waals surface area contributed by atoms with Crippen molar-refractivity contribution in [1.82, 2.24) is 4.90 Å². The minimum atomic E-state index is -0.311. The zero-order chi connectivity index (χ0) is 19.6. The number of halogens is 2. The van der Waals surface area contributed by atoms with Gasteiger partial charge in [-0.05, 0) is 49.2 Å². The van der Waals surface area contributed by atoms with E-state index in [-0.39, 0.29) is 18.5 Å². The lowest BCUT2D eigenvalue weighted by molar-refractivity contribution is -0.127. The van der Waals surface area contributed by atoms with Gasteiger partial charge in [-0.25, -0.2) is 0 Å². The van der Waals surface area contributed by atoms with Gasteiger partial charge in [-0.1, -0.05) is 29.3 Å². The fourth-order valence-corrected chi connectivity index (χ4v) is 3.38. The third-order valence-corrected chi connectivity index (χ3v) is 5.23. The average Bonchev–Trinajstić information content (AvgIpc) is 3.06. The van der Waals surface area contributed by atoms with Crippen LogP contribution in [0.25, 0.3) is 0 Å². The van der Waals surface area contributed by atoms with Gasteiger partial charge in [0.2, 0.25) is 5.91 Å². The first-order chi connectivity index (χ1) is 12.9. The zero-order valence-electron chi connectivity index (χ0n) is 15.2. The summed E-state index contributed by atoms with van der Waals surface area (Å²) in [4.78, 5) is 28.7. The fraction of sp³-hybridized carbons (Fsp3) is 0.300. The van der Waals surface area contributed by atoms with Gasteiger partial charge < -0.3 is 9.64 Å². The molecule has 1 fully saturated rings. The van der Waals surface area contributed by atoms with Gasteiger partial charge in [-0.3, -0.25) is 14.5 Å². The van der Waals surface area contributed by atoms with Gasteiger partial charge >= 0.3 is 0 Å². The van der Waals surface area contributed by atoms with E-state index < -0.39 is 0 Å². The van der Waals surface area contributed by atoms with Gasteiger partial charge in [-0.2, -0.15) is 0 Å². The minimum Gasteiger partial charge on any atom is -0.496 e. The number of aryl methyl sites for hydroxylation is 1. The van der Waals surface area contributed by atoms with E-state index >= 15 is 0 Å². The number of carbonyl (C=O) groups is 2. The zero-order valence-corrected chi connectivity index (χ0v) is 16.7. The van der Waals surface area contributed by atoms with Crippen LogP contribution in [-0.2, 0) is 4.79 Å². The molecule has 1 saturated heterocycles. The Morgan fingerprint density at radius 1 is 1.22 bits per heavy atom. The summed E-state index contributed by atoms with van der Waals surface area (Å²) < 4.78 is 5.33. The molecule has 2 amide bonds. The summed E-state index contributed by atoms with van der Waals surface area (Å²) in [7, 11) is 1.50. The van der Waals surface area contributed by atoms with Crippen molar-refractivity contribution in [1.29, 1.82) is 0 Å². The number of amides is 2. The van der Waals surface area contributed by atoms with Crippen molar-refractivity contribution >= 4 is 40.7 Å². The number of ether oxygens (including phenoxy) is 1. The Bertz CT molecular complexity index is 886. The third kappa shape index (κ3) is 4.20. The monoisotopic (exact) mass is 406 g/mol. The van der Waals surface area contributed by atoms with Crippen LogP contribution in [-0.4, -0.2) is 37.0 Å². The van der Waals surface area contributed by atoms with Crippen LogP contribution in [0.2, 0.25) is 10.0 Å². The Kier molecular flexibility index (Phi) is 5.92. The van der Waals surface area contributed by atoms with E-state index in [0.29, 0.717) is 40.0 Å². The molecule has 3 rings (SSSR count). The highest BCUT2D eigenvalue weighted by Crippen LogP contribution is 2.29. The van der Waals surface area contributed by atoms with E-state index in [1.54, 1.807) is 29.2 Å². The third-order valence-electron chi connectivity index (χ3n) is 4.59. The molecule has 7 heteroatoms. The first-order valence-corrected chi connectivity index (χ1v) is 9.35. The van der Waals surface area contributed by atoms with Gasteiger partial charge in [0.1, 0.15) is 12.4 Å². The predicted molar refractivity (Wildman–Crippen MR) is 107 cm³/mol. The summed E-state index contributed by atoms with van der Waals surface area (Å²) in [6.45, 7) is 2.66. The Morgan fingerprint density at radius 3 is 2.63 bits per heavy atom. The maximum absolute atomic E-state index is 13.4. The van der Waals surface area contributed by atoms with Gasteiger partial charge in [-0.15, -0.1) is 0 Å². The maximum atomic E-state index is 13.4. The number of hydrogen-bond donors (Lipinski definition) is 0. The van der Waals surface area contributed by atoms with Crippen LogP contribution >= 0.6 is 23.2 Å². The molecule has 0 bridgehead atoms. The minimum absolute atomic E-state index is 0.0315. The summed E-state index contributed by atoms with van der Waals surface area (Å²) in [5.74, 6) is 0.137. The summed E-state index contributed by atoms with van der Waals surface area (Å²) in [6.07, 6.45) is 1.28. The van der Waals surface area contributed by atoms with Crippen molar-refractivity contribution < 1.29 is 14.3 Å². The Labute approximate surface area is 168 Å². The highest BCUT2D eigenvalue weighted by molar-refractivity contribution is 6.32. The normalized spacial score (nSPS) is 13.8. The van der Waals surface area contributed by atoms with Crippen molar-refractivity contribution in [2.24, 2.45) is 0 Å². The molecule has 0 aliphatic carbocycles. The molecule has 27 heavy (non-hydrogen) atoms. The van der Waals surface area contributed by atoms with Crippen LogP contribution in [0.15, 0.2) is 36.4 Å². The van der Waals surface area contributed by atoms with E-state index in [9.17, 15) is 9.59 Å². The topological polar surface area (TPSA) is 49.9 Å². The second-order valence-electron chi connectivity index (χ2n) is 6.41. The summed E-state index contributed by atoms with van der Waals surface area (Å²) in [5, 5.41) is 0.981. The van der Waals surface area contributed by atoms with Crippen LogP contribution in [0.1, 0.15) is 28.8 Å². The number of anilines is 1. The summed E-state index contributed by atoms with van der Waals surface area (Å²) in [5.41, 5.74) is 1.84. The lowest BCUT2D eigenvalue weighted by atomic mass is 10.1. The second-order valence-corrected chi connectivity index (χ2v) is 7.26. The van der Waals surface area contributed by atoms with Crippen molar-refractivity contribution in [3.05, 3.63) is 57.6 Å². The number of nitrogens with zero attached hydrogens (tertiary/aromatic N) is 2. The lowest BCUT2D eigenvalue weighted by Gasteiger charge is -2.29. The molecule has 2 aromatic carbocycles. The van der Waals surface area contributed by atoms with Crippen molar-refractivity contribution in [3.63, 3.8) is 0 Å². The summed E-state index contributed by atoms with van der Waals surface area (Å²) >= 11 is 12.4. The van der Waals surface area contributed by atoms with Crippen LogP contribution in [0, 0.1) is 6.92 Å². The molecular formula is C20H20Cl2N2O3. The van der Waals surface area contributed by atoms with Crippen molar-refractivity contribution in [3.8, 4) is 5.75 Å². The van der Waals surface area contributed by atoms with Crippen LogP contribution in [0.4, 0.5) is 5.69 Å². The van der Waals surface area contributed by atoms with Crippen molar-refractivity contribution in [2.75, 3.05) is 25.2 Å². The van der Waals surface area contributed by atoms with Crippen LogP contribution in [0.3, 0.4) is 0 Å². The molecule has 0 N–H and O–H groups in total. The number of rotatable bonds is 5. The smallest absolute Gasteiger partial charge is 0.263 e. The van der Waals surface area contributed by atoms with Crippen molar-refractivity contribution in [2.45, 2.75) is 19.8 Å². The number of hydrogen-bond acceptors (Lipinski definition) is 3. The predicted octanol–water partition coefficient (Wildman–Crippen LogP) is 4.54. The Morgan fingerprint density at radius 2 is 2.00 bits per heavy atom. The molecule has 0 spiro atoms. The van der Waals surface area contributed by atoms with E-state index in [2.05, 4.69) is 0 Å². The van der Waals surface area contributed by atoms with Gasteiger partial charge in [0, 0.05) is 28.7 Å². The standard InChI is InChI=1S/C20H20Cl2N2O3/c1-13-5-7-15(11-17(13)22)24(12-23-9-3-4-19(23)25)20(26)16-10-14(21)6-8-18(16)27-2/h5-8,10-11H,3-4,9,12H2,1-2H3. The molecule has 1 aliphatic heterocycles. The van der Waals surface area contributed by atoms with E-state index in [4.69, 9.17) is 27.9 Å². The molecule has 0 saturated carbocycles. The molecule has 2 aromatic rings. The highest BCUT2D eigenvalue weighted by atomic mass is 35.5. The fourth-order valence-electron chi connectivity index (χ4n) is 3.03. The molecule has 0 atom stereocenters. The van der Waals surface area contributed by atoms with Crippen LogP contribution in [0.5, 0.6) is 5.75 Å². The first kappa shape index (κ1) is 19.5. The largest absolute Gasteiger partial charge is 0.496 e. The molecule has 5 nitrogen and oxygen atoms in total. The SMILES string of the molecule is COc1ccc(Cl)cc1C(=O)N(CN1CCCC1=O)c1ccc(C)c(Cl)c1. The van der Waals surface area contributed by atoms with Gasteiger partial charge in [0.25, 0.3) is 5.91 Å². The number of methoxy groups -OCH3 is 1. The van der Waals surface area contributed by atoms with Gasteiger partial charge in [0.15, 0.2) is 0 Å². The number of carbonyl (C=O) groups excluding carboxylic acids is 2. The molecule has 0 aromatic heterocycles. The molecule has 0 radical (unpaired) electrons. The molecular weight excluding hydrogens is 387 g/mol. The maximum Gasteiger partial charge on any atom is 0.263 e. The molecule has 1 aliphatic rings. The molecule has 142 valence electrons. The van der Waals surface area contributed by atoms with Crippen LogP contribution < -0.4 is 9.64 Å². The van der Waals surface area contributed by atoms with E-state index in [1.807, 2.05) is 19.1 Å².